The van der Waals surface area contributed by atoms with Gasteiger partial charge in [0, 0.05) is 11.8 Å². The van der Waals surface area contributed by atoms with Gasteiger partial charge >= 0.3 is 0 Å². The number of nitrogens with zero attached hydrogens (tertiary/aromatic N) is 1. The minimum atomic E-state index is -1.36. The van der Waals surface area contributed by atoms with Gasteiger partial charge in [0.15, 0.2) is 0 Å². The first-order valence-corrected chi connectivity index (χ1v) is 7.81. The molecule has 0 spiro atoms. The predicted molar refractivity (Wildman–Crippen MR) is 92.8 cm³/mol. The number of benzene rings is 2. The maximum Gasteiger partial charge on any atom is 0.283 e. The first kappa shape index (κ1) is 17.5. The zero-order valence-corrected chi connectivity index (χ0v) is 14.2. The summed E-state index contributed by atoms with van der Waals surface area (Å²) in [5.74, 6) is -2.24. The van der Waals surface area contributed by atoms with Crippen LogP contribution in [0.3, 0.4) is 0 Å². The van der Waals surface area contributed by atoms with Crippen molar-refractivity contribution in [3.05, 3.63) is 64.8 Å². The Labute approximate surface area is 153 Å². The average molecular weight is 372 g/mol. The van der Waals surface area contributed by atoms with Gasteiger partial charge in [0.1, 0.15) is 16.5 Å². The zero-order chi connectivity index (χ0) is 18.8. The van der Waals surface area contributed by atoms with Crippen LogP contribution in [0.25, 0.3) is 0 Å². The number of methoxy groups -OCH3 is 1. The lowest BCUT2D eigenvalue weighted by atomic mass is 10.2. The fourth-order valence-electron chi connectivity index (χ4n) is 2.46. The third kappa shape index (κ3) is 3.12. The SMILES string of the molecule is COc1cccc(N2C(=O)C(Cl)=C(Nc3cccc(C(=O)[O-])c3)C2=O)c1. The van der Waals surface area contributed by atoms with E-state index in [4.69, 9.17) is 16.3 Å². The second-order valence-corrected chi connectivity index (χ2v) is 5.71. The molecule has 7 nitrogen and oxygen atoms in total. The van der Waals surface area contributed by atoms with E-state index in [0.29, 0.717) is 11.4 Å². The molecule has 0 atom stereocenters. The molecule has 2 amide bonds. The highest BCUT2D eigenvalue weighted by Crippen LogP contribution is 2.31. The molecule has 3 rings (SSSR count). The molecule has 1 N–H and O–H groups in total. The van der Waals surface area contributed by atoms with Crippen molar-refractivity contribution in [2.75, 3.05) is 17.3 Å². The van der Waals surface area contributed by atoms with E-state index < -0.39 is 17.8 Å². The molecule has 8 heteroatoms. The molecular formula is C18H12ClN2O5-. The summed E-state index contributed by atoms with van der Waals surface area (Å²) in [5.41, 5.74) is 0.370. The molecule has 0 bridgehead atoms. The molecular weight excluding hydrogens is 360 g/mol. The summed E-state index contributed by atoms with van der Waals surface area (Å²) < 4.78 is 5.10. The number of rotatable bonds is 5. The summed E-state index contributed by atoms with van der Waals surface area (Å²) in [6.07, 6.45) is 0. The molecule has 1 aliphatic rings. The number of amides is 2. The van der Waals surface area contributed by atoms with Gasteiger partial charge in [0.2, 0.25) is 0 Å². The Morgan fingerprint density at radius 3 is 2.54 bits per heavy atom. The summed E-state index contributed by atoms with van der Waals surface area (Å²) in [6.45, 7) is 0. The molecule has 2 aromatic rings. The first-order chi connectivity index (χ1) is 12.4. The summed E-state index contributed by atoms with van der Waals surface area (Å²) >= 11 is 6.04. The van der Waals surface area contributed by atoms with Gasteiger partial charge in [0.25, 0.3) is 11.8 Å². The van der Waals surface area contributed by atoms with Gasteiger partial charge in [-0.15, -0.1) is 0 Å². The van der Waals surface area contributed by atoms with Crippen LogP contribution in [0, 0.1) is 0 Å². The number of halogens is 1. The minimum Gasteiger partial charge on any atom is -0.545 e. The topological polar surface area (TPSA) is 98.8 Å². The van der Waals surface area contributed by atoms with Gasteiger partial charge in [-0.2, -0.15) is 0 Å². The third-order valence-corrected chi connectivity index (χ3v) is 4.06. The smallest absolute Gasteiger partial charge is 0.283 e. The molecule has 0 saturated carbocycles. The fraction of sp³-hybridized carbons (Fsp3) is 0.0556. The standard InChI is InChI=1S/C18H13ClN2O5/c1-26-13-7-3-6-12(9-13)21-16(22)14(19)15(17(21)23)20-11-5-2-4-10(8-11)18(24)25/h2-9,20H,1H3,(H,24,25)/p-1. The molecule has 0 unspecified atom stereocenters. The molecule has 1 heterocycles. The van der Waals surface area contributed by atoms with Crippen LogP contribution in [0.4, 0.5) is 11.4 Å². The van der Waals surface area contributed by atoms with Crippen molar-refractivity contribution in [2.24, 2.45) is 0 Å². The third-order valence-electron chi connectivity index (χ3n) is 3.71. The number of carboxylic acid groups (broad SMARTS) is 1. The Bertz CT molecular complexity index is 954. The number of ether oxygens (including phenoxy) is 1. The number of aromatic carboxylic acids is 1. The normalized spacial score (nSPS) is 14.0. The van der Waals surface area contributed by atoms with Gasteiger partial charge in [-0.3, -0.25) is 9.59 Å². The Hall–Kier alpha value is -3.32. The van der Waals surface area contributed by atoms with Crippen LogP contribution in [-0.2, 0) is 9.59 Å². The highest BCUT2D eigenvalue weighted by atomic mass is 35.5. The summed E-state index contributed by atoms with van der Waals surface area (Å²) in [7, 11) is 1.47. The molecule has 0 fully saturated rings. The number of imide groups is 1. The molecule has 0 aromatic heterocycles. The van der Waals surface area contributed by atoms with Crippen molar-refractivity contribution in [2.45, 2.75) is 0 Å². The molecule has 0 radical (unpaired) electrons. The number of nitrogens with one attached hydrogen (secondary N) is 1. The van der Waals surface area contributed by atoms with E-state index >= 15 is 0 Å². The van der Waals surface area contributed by atoms with Gasteiger partial charge in [-0.05, 0) is 29.8 Å². The number of hydrogen-bond donors (Lipinski definition) is 1. The fourth-order valence-corrected chi connectivity index (χ4v) is 2.68. The first-order valence-electron chi connectivity index (χ1n) is 7.43. The van der Waals surface area contributed by atoms with Crippen molar-refractivity contribution >= 4 is 40.8 Å². The van der Waals surface area contributed by atoms with Crippen molar-refractivity contribution in [3.63, 3.8) is 0 Å². The lowest BCUT2D eigenvalue weighted by Crippen LogP contribution is -2.32. The average Bonchev–Trinajstić information content (AvgIpc) is 2.85. The van der Waals surface area contributed by atoms with Gasteiger partial charge in [-0.1, -0.05) is 29.8 Å². The number of carbonyl (C=O) groups excluding carboxylic acids is 3. The zero-order valence-electron chi connectivity index (χ0n) is 13.5. The summed E-state index contributed by atoms with van der Waals surface area (Å²) in [6, 6.07) is 12.0. The van der Waals surface area contributed by atoms with Crippen molar-refractivity contribution in [3.8, 4) is 5.75 Å². The van der Waals surface area contributed by atoms with Gasteiger partial charge in [-0.25, -0.2) is 4.90 Å². The molecule has 1 aliphatic heterocycles. The van der Waals surface area contributed by atoms with Crippen LogP contribution in [0.15, 0.2) is 59.3 Å². The maximum atomic E-state index is 12.7. The Morgan fingerprint density at radius 2 is 1.85 bits per heavy atom. The van der Waals surface area contributed by atoms with Crippen LogP contribution in [0.5, 0.6) is 5.75 Å². The second-order valence-electron chi connectivity index (χ2n) is 5.33. The van der Waals surface area contributed by atoms with Crippen molar-refractivity contribution in [1.29, 1.82) is 0 Å². The highest BCUT2D eigenvalue weighted by Gasteiger charge is 2.39. The van der Waals surface area contributed by atoms with E-state index in [1.54, 1.807) is 18.2 Å². The predicted octanol–water partition coefficient (Wildman–Crippen LogP) is 1.49. The van der Waals surface area contributed by atoms with E-state index in [1.807, 2.05) is 0 Å². The van der Waals surface area contributed by atoms with E-state index in [9.17, 15) is 19.5 Å². The highest BCUT2D eigenvalue weighted by molar-refractivity contribution is 6.53. The summed E-state index contributed by atoms with van der Waals surface area (Å²) in [4.78, 5) is 37.0. The lowest BCUT2D eigenvalue weighted by molar-refractivity contribution is -0.255. The van der Waals surface area contributed by atoms with Crippen molar-refractivity contribution < 1.29 is 24.2 Å². The molecule has 132 valence electrons. The van der Waals surface area contributed by atoms with Crippen LogP contribution in [0.2, 0.25) is 0 Å². The quantitative estimate of drug-likeness (QED) is 0.799. The number of carbonyl (C=O) groups is 3. The Balaban J connectivity index is 1.91. The van der Waals surface area contributed by atoms with E-state index in [1.165, 1.54) is 37.4 Å². The van der Waals surface area contributed by atoms with E-state index in [-0.39, 0.29) is 22.0 Å². The van der Waals surface area contributed by atoms with Crippen LogP contribution in [-0.4, -0.2) is 24.9 Å². The number of carboxylic acids is 1. The Morgan fingerprint density at radius 1 is 1.12 bits per heavy atom. The Kier molecular flexibility index (Phi) is 4.64. The van der Waals surface area contributed by atoms with Crippen LogP contribution >= 0.6 is 11.6 Å². The molecule has 26 heavy (non-hydrogen) atoms. The van der Waals surface area contributed by atoms with Crippen LogP contribution < -0.4 is 20.1 Å². The van der Waals surface area contributed by atoms with Gasteiger partial charge < -0.3 is 20.0 Å². The van der Waals surface area contributed by atoms with E-state index in [2.05, 4.69) is 5.32 Å². The number of hydrogen-bond acceptors (Lipinski definition) is 6. The van der Waals surface area contributed by atoms with E-state index in [0.717, 1.165) is 4.90 Å². The minimum absolute atomic E-state index is 0.0758. The monoisotopic (exact) mass is 371 g/mol. The van der Waals surface area contributed by atoms with Crippen LogP contribution in [0.1, 0.15) is 10.4 Å². The molecule has 0 aliphatic carbocycles. The molecule has 0 saturated heterocycles. The van der Waals surface area contributed by atoms with Crippen molar-refractivity contribution in [1.82, 2.24) is 0 Å². The largest absolute Gasteiger partial charge is 0.545 e. The summed E-state index contributed by atoms with van der Waals surface area (Å²) in [5, 5.41) is 13.4. The maximum absolute atomic E-state index is 12.7. The van der Waals surface area contributed by atoms with Gasteiger partial charge in [0.05, 0.1) is 18.8 Å². The second kappa shape index (κ2) is 6.89. The lowest BCUT2D eigenvalue weighted by Gasteiger charge is -2.16. The molecule has 2 aromatic carbocycles. The number of anilines is 2.